The summed E-state index contributed by atoms with van der Waals surface area (Å²) in [5.74, 6) is 7.75. The van der Waals surface area contributed by atoms with Crippen molar-refractivity contribution in [1.29, 1.82) is 0 Å². The van der Waals surface area contributed by atoms with E-state index in [9.17, 15) is 0 Å². The Kier molecular flexibility index (Phi) is 3.86. The van der Waals surface area contributed by atoms with E-state index in [1.807, 2.05) is 18.2 Å². The van der Waals surface area contributed by atoms with Crippen molar-refractivity contribution in [2.75, 3.05) is 13.2 Å². The summed E-state index contributed by atoms with van der Waals surface area (Å²) < 4.78 is 11.1. The molecule has 1 aromatic rings. The summed E-state index contributed by atoms with van der Waals surface area (Å²) in [6, 6.07) is 6.17. The highest BCUT2D eigenvalue weighted by molar-refractivity contribution is 5.44. The number of rotatable bonds is 4. The number of fused-ring (bicyclic) bond motifs is 1. The molecule has 0 saturated carbocycles. The summed E-state index contributed by atoms with van der Waals surface area (Å²) >= 11 is 0. The van der Waals surface area contributed by atoms with Crippen LogP contribution in [-0.4, -0.2) is 13.2 Å². The second-order valence-electron chi connectivity index (χ2n) is 4.43. The Hall–Kier alpha value is -1.26. The molecule has 94 valence electrons. The van der Waals surface area contributed by atoms with E-state index in [1.54, 1.807) is 0 Å². The van der Waals surface area contributed by atoms with Crippen LogP contribution in [0.2, 0.25) is 0 Å². The number of hydrogen-bond acceptors (Lipinski definition) is 4. The van der Waals surface area contributed by atoms with Gasteiger partial charge in [-0.25, -0.2) is 0 Å². The summed E-state index contributed by atoms with van der Waals surface area (Å²) in [5.41, 5.74) is 4.02. The zero-order chi connectivity index (χ0) is 12.3. The van der Waals surface area contributed by atoms with Crippen LogP contribution in [0.15, 0.2) is 18.2 Å². The first-order valence-electron chi connectivity index (χ1n) is 6.12. The number of nitrogens with two attached hydrogens (primary N) is 1. The third-order valence-corrected chi connectivity index (χ3v) is 3.32. The molecule has 1 aliphatic heterocycles. The third-order valence-electron chi connectivity index (χ3n) is 3.32. The Morgan fingerprint density at radius 1 is 1.29 bits per heavy atom. The molecular formula is C13H20N2O2. The lowest BCUT2D eigenvalue weighted by Crippen LogP contribution is -2.32. The van der Waals surface area contributed by atoms with Crippen molar-refractivity contribution in [1.82, 2.24) is 5.43 Å². The van der Waals surface area contributed by atoms with Crippen molar-refractivity contribution in [2.24, 2.45) is 11.8 Å². The minimum absolute atomic E-state index is 0.149. The van der Waals surface area contributed by atoms with Gasteiger partial charge in [0.25, 0.3) is 0 Å². The van der Waals surface area contributed by atoms with Gasteiger partial charge in [-0.1, -0.05) is 26.3 Å². The van der Waals surface area contributed by atoms with E-state index in [0.717, 1.165) is 23.5 Å². The smallest absolute Gasteiger partial charge is 0.161 e. The molecule has 0 aliphatic carbocycles. The summed E-state index contributed by atoms with van der Waals surface area (Å²) in [4.78, 5) is 0. The molecule has 0 fully saturated rings. The lowest BCUT2D eigenvalue weighted by atomic mass is 9.93. The van der Waals surface area contributed by atoms with Gasteiger partial charge in [0.15, 0.2) is 11.5 Å². The van der Waals surface area contributed by atoms with Crippen LogP contribution in [-0.2, 0) is 0 Å². The zero-order valence-corrected chi connectivity index (χ0v) is 10.4. The number of hydrogen-bond donors (Lipinski definition) is 2. The van der Waals surface area contributed by atoms with Crippen LogP contribution >= 0.6 is 0 Å². The van der Waals surface area contributed by atoms with Crippen molar-refractivity contribution in [2.45, 2.75) is 26.3 Å². The number of benzene rings is 1. The van der Waals surface area contributed by atoms with Crippen molar-refractivity contribution in [3.05, 3.63) is 23.8 Å². The van der Waals surface area contributed by atoms with Gasteiger partial charge in [-0.3, -0.25) is 11.3 Å². The van der Waals surface area contributed by atoms with Crippen LogP contribution in [0.3, 0.4) is 0 Å². The summed E-state index contributed by atoms with van der Waals surface area (Å²) in [5, 5.41) is 0. The van der Waals surface area contributed by atoms with Gasteiger partial charge in [0.2, 0.25) is 0 Å². The third kappa shape index (κ3) is 2.53. The molecule has 0 saturated heterocycles. The highest BCUT2D eigenvalue weighted by Gasteiger charge is 2.19. The number of hydrazine groups is 1. The summed E-state index contributed by atoms with van der Waals surface area (Å²) in [6.45, 7) is 5.57. The second kappa shape index (κ2) is 5.38. The van der Waals surface area contributed by atoms with E-state index in [2.05, 4.69) is 19.3 Å². The first kappa shape index (κ1) is 12.2. The fourth-order valence-corrected chi connectivity index (χ4v) is 2.08. The van der Waals surface area contributed by atoms with Crippen LogP contribution in [0.25, 0.3) is 0 Å². The fraction of sp³-hybridized carbons (Fsp3) is 0.538. The van der Waals surface area contributed by atoms with E-state index >= 15 is 0 Å². The van der Waals surface area contributed by atoms with Gasteiger partial charge in [0, 0.05) is 6.04 Å². The van der Waals surface area contributed by atoms with Gasteiger partial charge in [-0.15, -0.1) is 0 Å². The maximum absolute atomic E-state index is 5.64. The van der Waals surface area contributed by atoms with E-state index in [4.69, 9.17) is 15.3 Å². The number of nitrogens with one attached hydrogen (secondary N) is 1. The number of ether oxygens (including phenoxy) is 2. The molecular weight excluding hydrogens is 216 g/mol. The van der Waals surface area contributed by atoms with Gasteiger partial charge < -0.3 is 9.47 Å². The average molecular weight is 236 g/mol. The van der Waals surface area contributed by atoms with Gasteiger partial charge in [-0.2, -0.15) is 0 Å². The van der Waals surface area contributed by atoms with E-state index in [0.29, 0.717) is 19.1 Å². The van der Waals surface area contributed by atoms with Crippen LogP contribution in [0, 0.1) is 5.92 Å². The van der Waals surface area contributed by atoms with Crippen molar-refractivity contribution >= 4 is 0 Å². The first-order valence-corrected chi connectivity index (χ1v) is 6.12. The lowest BCUT2D eigenvalue weighted by Gasteiger charge is -2.25. The maximum atomic E-state index is 5.64. The van der Waals surface area contributed by atoms with Crippen LogP contribution in [0.1, 0.15) is 31.9 Å². The molecule has 4 heteroatoms. The normalized spacial score (nSPS) is 17.6. The Morgan fingerprint density at radius 2 is 2.00 bits per heavy atom. The monoisotopic (exact) mass is 236 g/mol. The lowest BCUT2D eigenvalue weighted by molar-refractivity contribution is 0.171. The largest absolute Gasteiger partial charge is 0.486 e. The highest BCUT2D eigenvalue weighted by atomic mass is 16.6. The molecule has 0 bridgehead atoms. The fourth-order valence-electron chi connectivity index (χ4n) is 2.08. The van der Waals surface area contributed by atoms with Crippen molar-refractivity contribution in [3.63, 3.8) is 0 Å². The Balaban J connectivity index is 2.25. The molecule has 0 aromatic heterocycles. The molecule has 2 atom stereocenters. The van der Waals surface area contributed by atoms with Gasteiger partial charge in [0.1, 0.15) is 13.2 Å². The summed E-state index contributed by atoms with van der Waals surface area (Å²) in [7, 11) is 0. The Bertz CT molecular complexity index is 382. The molecule has 0 spiro atoms. The molecule has 0 radical (unpaired) electrons. The van der Waals surface area contributed by atoms with E-state index in [-0.39, 0.29) is 6.04 Å². The van der Waals surface area contributed by atoms with E-state index < -0.39 is 0 Å². The van der Waals surface area contributed by atoms with Gasteiger partial charge in [-0.05, 0) is 23.6 Å². The van der Waals surface area contributed by atoms with Gasteiger partial charge >= 0.3 is 0 Å². The molecule has 17 heavy (non-hydrogen) atoms. The predicted molar refractivity (Wildman–Crippen MR) is 67.0 cm³/mol. The quantitative estimate of drug-likeness (QED) is 0.620. The molecule has 1 aromatic carbocycles. The summed E-state index contributed by atoms with van der Waals surface area (Å²) in [6.07, 6.45) is 1.07. The predicted octanol–water partition coefficient (Wildman–Crippen LogP) is 2.01. The SMILES string of the molecule is CCC(C)C(NN)c1ccc2c(c1)OCCO2. The average Bonchev–Trinajstić information content (AvgIpc) is 2.39. The van der Waals surface area contributed by atoms with Crippen LogP contribution in [0.4, 0.5) is 0 Å². The Morgan fingerprint density at radius 3 is 2.65 bits per heavy atom. The standard InChI is InChI=1S/C13H20N2O2/c1-3-9(2)13(15-14)10-4-5-11-12(8-10)17-7-6-16-11/h4-5,8-9,13,15H,3,6-7,14H2,1-2H3. The molecule has 1 aliphatic rings. The Labute approximate surface area is 102 Å². The molecule has 4 nitrogen and oxygen atoms in total. The minimum atomic E-state index is 0.149. The minimum Gasteiger partial charge on any atom is -0.486 e. The maximum Gasteiger partial charge on any atom is 0.161 e. The molecule has 2 unspecified atom stereocenters. The highest BCUT2D eigenvalue weighted by Crippen LogP contribution is 2.34. The first-order chi connectivity index (χ1) is 8.26. The van der Waals surface area contributed by atoms with Crippen LogP contribution < -0.4 is 20.7 Å². The van der Waals surface area contributed by atoms with Crippen LogP contribution in [0.5, 0.6) is 11.5 Å². The van der Waals surface area contributed by atoms with E-state index in [1.165, 1.54) is 0 Å². The molecule has 2 rings (SSSR count). The van der Waals surface area contributed by atoms with Crippen molar-refractivity contribution in [3.8, 4) is 11.5 Å². The van der Waals surface area contributed by atoms with Gasteiger partial charge in [0.05, 0.1) is 0 Å². The molecule has 0 amide bonds. The van der Waals surface area contributed by atoms with Crippen molar-refractivity contribution < 1.29 is 9.47 Å². The zero-order valence-electron chi connectivity index (χ0n) is 10.4. The molecule has 3 N–H and O–H groups in total. The topological polar surface area (TPSA) is 56.5 Å². The second-order valence-corrected chi connectivity index (χ2v) is 4.43. The molecule has 1 heterocycles.